The highest BCUT2D eigenvalue weighted by Gasteiger charge is 2.48. The molecular formula is C14H12N2O6S2. The van der Waals surface area contributed by atoms with E-state index in [9.17, 15) is 26.7 Å². The highest BCUT2D eigenvalue weighted by molar-refractivity contribution is 8.06. The fraction of sp³-hybridized carbons (Fsp3) is 0.0714. The van der Waals surface area contributed by atoms with E-state index in [2.05, 4.69) is 0 Å². The second-order valence-electron chi connectivity index (χ2n) is 4.94. The van der Waals surface area contributed by atoms with Gasteiger partial charge in [0, 0.05) is 3.82 Å². The topological polar surface area (TPSA) is 121 Å². The summed E-state index contributed by atoms with van der Waals surface area (Å²) in [6.45, 7) is 0. The van der Waals surface area contributed by atoms with Crippen molar-refractivity contribution in [2.75, 3.05) is 0 Å². The predicted molar refractivity (Wildman–Crippen MR) is 82.2 cm³/mol. The molecule has 1 amide bonds. The van der Waals surface area contributed by atoms with Crippen molar-refractivity contribution in [1.29, 1.82) is 0 Å². The summed E-state index contributed by atoms with van der Waals surface area (Å²) in [5.41, 5.74) is 1.97. The third-order valence-corrected chi connectivity index (χ3v) is 7.59. The number of nitrogens with zero attached hydrogens (tertiary/aromatic N) is 1. The summed E-state index contributed by atoms with van der Waals surface area (Å²) in [5, 5.41) is 9.98. The number of rotatable bonds is 3. The molecular weight excluding hydrogens is 356 g/mol. The molecule has 1 aliphatic heterocycles. The number of benzene rings is 2. The first kappa shape index (κ1) is 16.6. The molecule has 2 aromatic carbocycles. The van der Waals surface area contributed by atoms with Crippen LogP contribution in [-0.2, 0) is 24.8 Å². The second-order valence-corrected chi connectivity index (χ2v) is 8.68. The summed E-state index contributed by atoms with van der Waals surface area (Å²) in [4.78, 5) is 11.2. The van der Waals surface area contributed by atoms with Crippen molar-refractivity contribution in [3.63, 3.8) is 0 Å². The molecule has 2 N–H and O–H groups in total. The average molecular weight is 368 g/mol. The summed E-state index contributed by atoms with van der Waals surface area (Å²) in [7, 11) is -8.92. The predicted octanol–water partition coefficient (Wildman–Crippen LogP) is 0.144. The number of aliphatic hydroxyl groups excluding tert-OH is 1. The molecule has 1 unspecified atom stereocenters. The van der Waals surface area contributed by atoms with Gasteiger partial charge in [-0.25, -0.2) is 16.8 Å². The van der Waals surface area contributed by atoms with E-state index in [1.54, 1.807) is 23.6 Å². The maximum atomic E-state index is 12.3. The molecule has 2 aromatic rings. The Balaban J connectivity index is 1.95. The van der Waals surface area contributed by atoms with Crippen molar-refractivity contribution in [3.8, 4) is 0 Å². The largest absolute Gasteiger partial charge is 0.378 e. The number of carbonyl (C=O) groups is 1. The Morgan fingerprint density at radius 2 is 1.33 bits per heavy atom. The smallest absolute Gasteiger partial charge is 0.275 e. The number of hydrogen-bond acceptors (Lipinski definition) is 6. The quantitative estimate of drug-likeness (QED) is 0.795. The molecule has 0 aromatic heterocycles. The van der Waals surface area contributed by atoms with Gasteiger partial charge in [-0.3, -0.25) is 10.2 Å². The molecule has 1 atom stereocenters. The van der Waals surface area contributed by atoms with Crippen molar-refractivity contribution < 1.29 is 26.7 Å². The zero-order valence-electron chi connectivity index (χ0n) is 12.0. The van der Waals surface area contributed by atoms with E-state index in [0.29, 0.717) is 0 Å². The average Bonchev–Trinajstić information content (AvgIpc) is 2.73. The van der Waals surface area contributed by atoms with Gasteiger partial charge in [-0.2, -0.15) is 0 Å². The number of aliphatic hydroxyl groups is 1. The lowest BCUT2D eigenvalue weighted by molar-refractivity contribution is -0.131. The maximum Gasteiger partial charge on any atom is 0.275 e. The number of amides is 1. The number of fused-ring (bicyclic) bond motifs is 1. The Hall–Kier alpha value is -2.27. The monoisotopic (exact) mass is 368 g/mol. The maximum absolute atomic E-state index is 12.3. The van der Waals surface area contributed by atoms with Gasteiger partial charge >= 0.3 is 0 Å². The summed E-state index contributed by atoms with van der Waals surface area (Å²) in [6.07, 6.45) is -1.72. The summed E-state index contributed by atoms with van der Waals surface area (Å²) in [6, 6.07) is 12.7. The molecule has 0 saturated heterocycles. The first-order valence-corrected chi connectivity index (χ1v) is 9.57. The highest BCUT2D eigenvalue weighted by Crippen LogP contribution is 2.35. The molecule has 0 radical (unpaired) electrons. The zero-order valence-corrected chi connectivity index (χ0v) is 13.7. The van der Waals surface area contributed by atoms with Crippen LogP contribution in [0.2, 0.25) is 0 Å². The van der Waals surface area contributed by atoms with Gasteiger partial charge < -0.3 is 5.11 Å². The molecule has 0 bridgehead atoms. The van der Waals surface area contributed by atoms with E-state index < -0.39 is 41.8 Å². The van der Waals surface area contributed by atoms with E-state index in [0.717, 1.165) is 12.1 Å². The molecule has 0 saturated carbocycles. The Kier molecular flexibility index (Phi) is 3.92. The first-order chi connectivity index (χ1) is 11.3. The minimum atomic E-state index is -4.46. The van der Waals surface area contributed by atoms with Gasteiger partial charge in [-0.05, 0) is 17.7 Å². The van der Waals surface area contributed by atoms with Crippen molar-refractivity contribution in [2.45, 2.75) is 15.9 Å². The molecule has 10 heteroatoms. The number of carbonyl (C=O) groups excluding carboxylic acids is 1. The Morgan fingerprint density at radius 3 is 1.83 bits per heavy atom. The van der Waals surface area contributed by atoms with Gasteiger partial charge in [0.25, 0.3) is 26.0 Å². The van der Waals surface area contributed by atoms with E-state index in [-0.39, 0.29) is 9.38 Å². The number of sulfonamides is 2. The lowest BCUT2D eigenvalue weighted by Gasteiger charge is -2.17. The van der Waals surface area contributed by atoms with Crippen molar-refractivity contribution in [3.05, 3.63) is 60.2 Å². The van der Waals surface area contributed by atoms with Gasteiger partial charge in [0.05, 0.1) is 0 Å². The van der Waals surface area contributed by atoms with E-state index in [1.807, 2.05) is 0 Å². The lowest BCUT2D eigenvalue weighted by atomic mass is 10.1. The van der Waals surface area contributed by atoms with Gasteiger partial charge in [0.2, 0.25) is 0 Å². The molecule has 24 heavy (non-hydrogen) atoms. The summed E-state index contributed by atoms with van der Waals surface area (Å²) in [5.74, 6) is -1.18. The third kappa shape index (κ3) is 2.49. The van der Waals surface area contributed by atoms with Crippen LogP contribution in [0.3, 0.4) is 0 Å². The summed E-state index contributed by atoms with van der Waals surface area (Å²) >= 11 is 0. The van der Waals surface area contributed by atoms with Gasteiger partial charge in [0.1, 0.15) is 9.79 Å². The number of hydrazine groups is 1. The van der Waals surface area contributed by atoms with Crippen molar-refractivity contribution in [2.24, 2.45) is 0 Å². The Morgan fingerprint density at radius 1 is 0.875 bits per heavy atom. The van der Waals surface area contributed by atoms with Gasteiger partial charge in [0.15, 0.2) is 6.10 Å². The Labute approximate surface area is 138 Å². The summed E-state index contributed by atoms with van der Waals surface area (Å²) < 4.78 is 49.3. The van der Waals surface area contributed by atoms with Crippen LogP contribution in [0.1, 0.15) is 11.7 Å². The van der Waals surface area contributed by atoms with Crippen molar-refractivity contribution >= 4 is 26.0 Å². The lowest BCUT2D eigenvalue weighted by Crippen LogP contribution is -2.47. The molecule has 0 fully saturated rings. The number of hydrogen-bond donors (Lipinski definition) is 2. The molecule has 0 spiro atoms. The van der Waals surface area contributed by atoms with Crippen molar-refractivity contribution in [1.82, 2.24) is 9.25 Å². The van der Waals surface area contributed by atoms with Crippen LogP contribution in [0.15, 0.2) is 64.4 Å². The van der Waals surface area contributed by atoms with E-state index in [1.165, 1.54) is 24.3 Å². The Bertz CT molecular complexity index is 950. The highest BCUT2D eigenvalue weighted by atomic mass is 32.3. The van der Waals surface area contributed by atoms with E-state index >= 15 is 0 Å². The zero-order chi connectivity index (χ0) is 17.5. The SMILES string of the molecule is O=C(NN1S(=O)(=O)c2ccccc2S1(=O)=O)C(O)c1ccccc1. The minimum absolute atomic E-state index is 0.112. The molecule has 3 rings (SSSR count). The van der Waals surface area contributed by atoms with Crippen LogP contribution >= 0.6 is 0 Å². The fourth-order valence-corrected chi connectivity index (χ4v) is 6.31. The third-order valence-electron chi connectivity index (χ3n) is 3.41. The molecule has 0 aliphatic carbocycles. The second kappa shape index (κ2) is 5.67. The van der Waals surface area contributed by atoms with E-state index in [4.69, 9.17) is 0 Å². The molecule has 1 aliphatic rings. The van der Waals surface area contributed by atoms with Gasteiger partial charge in [-0.15, -0.1) is 0 Å². The normalized spacial score (nSPS) is 19.4. The van der Waals surface area contributed by atoms with Crippen LogP contribution in [-0.4, -0.2) is 31.7 Å². The molecule has 1 heterocycles. The van der Waals surface area contributed by atoms with Crippen LogP contribution < -0.4 is 5.43 Å². The molecule has 126 valence electrons. The van der Waals surface area contributed by atoms with Crippen LogP contribution in [0.5, 0.6) is 0 Å². The van der Waals surface area contributed by atoms with Crippen LogP contribution in [0, 0.1) is 0 Å². The van der Waals surface area contributed by atoms with Crippen LogP contribution in [0.25, 0.3) is 0 Å². The number of nitrogens with one attached hydrogen (secondary N) is 1. The fourth-order valence-electron chi connectivity index (χ4n) is 2.24. The van der Waals surface area contributed by atoms with Gasteiger partial charge in [-0.1, -0.05) is 42.5 Å². The minimum Gasteiger partial charge on any atom is -0.378 e. The first-order valence-electron chi connectivity index (χ1n) is 6.69. The standard InChI is InChI=1S/C14H12N2O6S2/c17-13(10-6-2-1-3-7-10)14(18)15-16-23(19,20)11-8-4-5-9-12(11)24(16,21)22/h1-9,13,17H,(H,15,18). The van der Waals surface area contributed by atoms with Crippen LogP contribution in [0.4, 0.5) is 0 Å². The molecule has 8 nitrogen and oxygen atoms in total.